The smallest absolute Gasteiger partial charge is 0.317 e. The van der Waals surface area contributed by atoms with Gasteiger partial charge in [-0.05, 0) is 51.0 Å². The number of hydrogen-bond donors (Lipinski definition) is 2. The number of rotatable bonds is 1. The Bertz CT molecular complexity index is 462. The number of urea groups is 1. The molecule has 1 aliphatic carbocycles. The van der Waals surface area contributed by atoms with Crippen molar-refractivity contribution in [1.82, 2.24) is 20.4 Å². The summed E-state index contributed by atoms with van der Waals surface area (Å²) in [5.74, 6) is 0. The predicted octanol–water partition coefficient (Wildman–Crippen LogP) is 1.77. The maximum atomic E-state index is 12.2. The average Bonchev–Trinajstić information content (AvgIpc) is 2.81. The second-order valence-corrected chi connectivity index (χ2v) is 5.71. The zero-order valence-corrected chi connectivity index (χ0v) is 11.5. The van der Waals surface area contributed by atoms with Gasteiger partial charge < -0.3 is 10.2 Å². The number of carbonyl (C=O) groups is 1. The summed E-state index contributed by atoms with van der Waals surface area (Å²) in [6.07, 6.45) is 6.41. The highest BCUT2D eigenvalue weighted by Crippen LogP contribution is 2.22. The lowest BCUT2D eigenvalue weighted by molar-refractivity contribution is 0.181. The van der Waals surface area contributed by atoms with Crippen molar-refractivity contribution in [1.29, 1.82) is 0 Å². The lowest BCUT2D eigenvalue weighted by Gasteiger charge is -2.30. The molecule has 3 rings (SSSR count). The molecule has 1 aromatic rings. The van der Waals surface area contributed by atoms with Crippen LogP contribution >= 0.6 is 0 Å². The van der Waals surface area contributed by atoms with Gasteiger partial charge >= 0.3 is 6.03 Å². The Morgan fingerprint density at radius 1 is 1.37 bits per heavy atom. The minimum Gasteiger partial charge on any atom is -0.335 e. The summed E-state index contributed by atoms with van der Waals surface area (Å²) in [5, 5.41) is 10.5. The molecule has 5 heteroatoms. The van der Waals surface area contributed by atoms with Gasteiger partial charge in [-0.25, -0.2) is 4.79 Å². The summed E-state index contributed by atoms with van der Waals surface area (Å²) >= 11 is 0. The quantitative estimate of drug-likeness (QED) is 0.810. The molecule has 2 aliphatic rings. The Labute approximate surface area is 113 Å². The largest absolute Gasteiger partial charge is 0.335 e. The van der Waals surface area contributed by atoms with E-state index in [1.54, 1.807) is 0 Å². The number of nitrogens with zero attached hydrogens (tertiary/aromatic N) is 2. The van der Waals surface area contributed by atoms with Gasteiger partial charge in [0.05, 0.1) is 5.69 Å². The second-order valence-electron chi connectivity index (χ2n) is 5.71. The number of aromatic amines is 1. The number of H-pyrrole nitrogens is 1. The highest BCUT2D eigenvalue weighted by Gasteiger charge is 2.25. The van der Waals surface area contributed by atoms with E-state index in [4.69, 9.17) is 0 Å². The van der Waals surface area contributed by atoms with Crippen molar-refractivity contribution >= 4 is 6.03 Å². The van der Waals surface area contributed by atoms with Crippen LogP contribution in [0.25, 0.3) is 0 Å². The molecule has 1 unspecified atom stereocenters. The molecule has 2 heterocycles. The van der Waals surface area contributed by atoms with Crippen LogP contribution in [0.1, 0.15) is 42.6 Å². The topological polar surface area (TPSA) is 61.0 Å². The highest BCUT2D eigenvalue weighted by molar-refractivity contribution is 5.74. The zero-order valence-electron chi connectivity index (χ0n) is 11.5. The summed E-state index contributed by atoms with van der Waals surface area (Å²) in [6, 6.07) is 0.382. The van der Waals surface area contributed by atoms with Crippen LogP contribution in [0.5, 0.6) is 0 Å². The first kappa shape index (κ1) is 12.5. The van der Waals surface area contributed by atoms with Gasteiger partial charge in [-0.15, -0.1) is 0 Å². The molecule has 5 nitrogen and oxygen atoms in total. The maximum Gasteiger partial charge on any atom is 0.317 e. The van der Waals surface area contributed by atoms with Crippen molar-refractivity contribution < 1.29 is 4.79 Å². The molecule has 0 bridgehead atoms. The standard InChI is InChI=1S/C14H22N4O/c1-10-12-9-11(5-6-13(12)17-16-10)15-14(19)18-7-3-2-4-8-18/h11H,2-9H2,1H3,(H,15,19)(H,16,17). The lowest BCUT2D eigenvalue weighted by Crippen LogP contribution is -2.48. The van der Waals surface area contributed by atoms with Gasteiger partial charge in [0.1, 0.15) is 0 Å². The number of aryl methyl sites for hydroxylation is 2. The molecular formula is C14H22N4O. The molecule has 0 radical (unpaired) electrons. The fourth-order valence-corrected chi connectivity index (χ4v) is 3.13. The van der Waals surface area contributed by atoms with Crippen LogP contribution in [-0.4, -0.2) is 40.3 Å². The maximum absolute atomic E-state index is 12.2. The Hall–Kier alpha value is -1.52. The van der Waals surface area contributed by atoms with Crippen LogP contribution < -0.4 is 5.32 Å². The van der Waals surface area contributed by atoms with Gasteiger partial charge in [-0.1, -0.05) is 0 Å². The van der Waals surface area contributed by atoms with Crippen molar-refractivity contribution in [2.75, 3.05) is 13.1 Å². The number of piperidine rings is 1. The highest BCUT2D eigenvalue weighted by atomic mass is 16.2. The SMILES string of the molecule is Cc1[nH]nc2c1CC(NC(=O)N1CCCCC1)CC2. The van der Waals surface area contributed by atoms with Crippen molar-refractivity contribution in [2.24, 2.45) is 0 Å². The predicted molar refractivity (Wildman–Crippen MR) is 73.1 cm³/mol. The summed E-state index contributed by atoms with van der Waals surface area (Å²) in [6.45, 7) is 3.88. The molecule has 1 fully saturated rings. The van der Waals surface area contributed by atoms with Crippen molar-refractivity contribution in [2.45, 2.75) is 51.5 Å². The third kappa shape index (κ3) is 2.60. The van der Waals surface area contributed by atoms with Crippen LogP contribution in [0, 0.1) is 6.92 Å². The first-order valence-corrected chi connectivity index (χ1v) is 7.32. The van der Waals surface area contributed by atoms with Crippen LogP contribution in [0.2, 0.25) is 0 Å². The van der Waals surface area contributed by atoms with E-state index >= 15 is 0 Å². The number of likely N-dealkylation sites (tertiary alicyclic amines) is 1. The van der Waals surface area contributed by atoms with E-state index in [1.165, 1.54) is 17.7 Å². The van der Waals surface area contributed by atoms with Crippen LogP contribution in [0.3, 0.4) is 0 Å². The van der Waals surface area contributed by atoms with Crippen molar-refractivity contribution in [3.63, 3.8) is 0 Å². The summed E-state index contributed by atoms with van der Waals surface area (Å²) in [5.41, 5.74) is 3.63. The lowest BCUT2D eigenvalue weighted by atomic mass is 9.92. The van der Waals surface area contributed by atoms with E-state index < -0.39 is 0 Å². The minimum atomic E-state index is 0.120. The number of amides is 2. The van der Waals surface area contributed by atoms with E-state index in [-0.39, 0.29) is 12.1 Å². The number of carbonyl (C=O) groups excluding carboxylic acids is 1. The molecule has 1 saturated heterocycles. The molecule has 19 heavy (non-hydrogen) atoms. The van der Waals surface area contributed by atoms with Gasteiger partial charge in [-0.3, -0.25) is 5.10 Å². The third-order valence-corrected chi connectivity index (χ3v) is 4.31. The molecule has 0 spiro atoms. The Morgan fingerprint density at radius 2 is 2.16 bits per heavy atom. The van der Waals surface area contributed by atoms with Gasteiger partial charge in [0, 0.05) is 24.8 Å². The first-order valence-electron chi connectivity index (χ1n) is 7.32. The minimum absolute atomic E-state index is 0.120. The van der Waals surface area contributed by atoms with E-state index in [0.29, 0.717) is 0 Å². The van der Waals surface area contributed by atoms with Gasteiger partial charge in [0.15, 0.2) is 0 Å². The van der Waals surface area contributed by atoms with Gasteiger partial charge in [0.2, 0.25) is 0 Å². The van der Waals surface area contributed by atoms with E-state index in [1.807, 2.05) is 4.90 Å². The van der Waals surface area contributed by atoms with Gasteiger partial charge in [0.25, 0.3) is 0 Å². The molecule has 2 amide bonds. The molecule has 104 valence electrons. The Kier molecular flexibility index (Phi) is 3.44. The molecule has 0 saturated carbocycles. The number of aromatic nitrogens is 2. The fourth-order valence-electron chi connectivity index (χ4n) is 3.13. The summed E-state index contributed by atoms with van der Waals surface area (Å²) in [4.78, 5) is 14.2. The Morgan fingerprint density at radius 3 is 2.95 bits per heavy atom. The molecule has 2 N–H and O–H groups in total. The molecule has 1 aliphatic heterocycles. The summed E-state index contributed by atoms with van der Waals surface area (Å²) < 4.78 is 0. The molecular weight excluding hydrogens is 240 g/mol. The zero-order chi connectivity index (χ0) is 13.2. The number of fused-ring (bicyclic) bond motifs is 1. The molecule has 1 atom stereocenters. The van der Waals surface area contributed by atoms with Gasteiger partial charge in [-0.2, -0.15) is 5.10 Å². The second kappa shape index (κ2) is 5.23. The summed E-state index contributed by atoms with van der Waals surface area (Å²) in [7, 11) is 0. The average molecular weight is 262 g/mol. The third-order valence-electron chi connectivity index (χ3n) is 4.31. The normalized spacial score (nSPS) is 23.0. The first-order chi connectivity index (χ1) is 9.24. The number of nitrogens with one attached hydrogen (secondary N) is 2. The monoisotopic (exact) mass is 262 g/mol. The molecule has 1 aromatic heterocycles. The Balaban J connectivity index is 1.59. The van der Waals surface area contributed by atoms with Crippen LogP contribution in [0.15, 0.2) is 0 Å². The molecule has 0 aromatic carbocycles. The van der Waals surface area contributed by atoms with E-state index in [9.17, 15) is 4.79 Å². The van der Waals surface area contributed by atoms with Crippen LogP contribution in [-0.2, 0) is 12.8 Å². The van der Waals surface area contributed by atoms with E-state index in [2.05, 4.69) is 22.4 Å². The fraction of sp³-hybridized carbons (Fsp3) is 0.714. The van der Waals surface area contributed by atoms with Crippen LogP contribution in [0.4, 0.5) is 4.79 Å². The number of hydrogen-bond acceptors (Lipinski definition) is 2. The van der Waals surface area contributed by atoms with E-state index in [0.717, 1.165) is 50.9 Å². The van der Waals surface area contributed by atoms with Crippen molar-refractivity contribution in [3.05, 3.63) is 17.0 Å². The van der Waals surface area contributed by atoms with Crippen molar-refractivity contribution in [3.8, 4) is 0 Å².